The molecule has 3 unspecified atom stereocenters. The first kappa shape index (κ1) is 10.8. The SMILES string of the molecule is CC1(C)C2CCC(c3[nH]ncc3C(=O)O)C1C2. The largest absolute Gasteiger partial charge is 0.478 e. The molecule has 3 aliphatic rings. The number of hydrogen-bond acceptors (Lipinski definition) is 2. The van der Waals surface area contributed by atoms with E-state index < -0.39 is 5.97 Å². The third-order valence-electron chi connectivity index (χ3n) is 5.13. The van der Waals surface area contributed by atoms with Crippen molar-refractivity contribution in [1.29, 1.82) is 0 Å². The predicted octanol–water partition coefficient (Wildman–Crippen LogP) is 2.65. The number of nitrogens with one attached hydrogen (secondary N) is 1. The van der Waals surface area contributed by atoms with Crippen molar-refractivity contribution < 1.29 is 9.90 Å². The molecule has 3 atom stereocenters. The maximum Gasteiger partial charge on any atom is 0.339 e. The number of carboxylic acids is 1. The summed E-state index contributed by atoms with van der Waals surface area (Å²) in [5.74, 6) is 0.927. The van der Waals surface area contributed by atoms with Crippen molar-refractivity contribution in [3.8, 4) is 0 Å². The van der Waals surface area contributed by atoms with E-state index in [0.717, 1.165) is 18.0 Å². The van der Waals surface area contributed by atoms with Crippen LogP contribution in [0.2, 0.25) is 0 Å². The third kappa shape index (κ3) is 1.36. The van der Waals surface area contributed by atoms with Crippen molar-refractivity contribution in [3.05, 3.63) is 17.5 Å². The number of H-pyrrole nitrogens is 1. The lowest BCUT2D eigenvalue weighted by atomic mass is 9.45. The lowest BCUT2D eigenvalue weighted by Crippen LogP contribution is -2.51. The first-order chi connectivity index (χ1) is 8.01. The van der Waals surface area contributed by atoms with E-state index in [1.807, 2.05) is 0 Å². The highest BCUT2D eigenvalue weighted by atomic mass is 16.4. The van der Waals surface area contributed by atoms with Gasteiger partial charge < -0.3 is 5.11 Å². The van der Waals surface area contributed by atoms with Gasteiger partial charge in [0.2, 0.25) is 0 Å². The normalized spacial score (nSPS) is 34.1. The minimum atomic E-state index is -0.868. The van der Waals surface area contributed by atoms with Crippen LogP contribution < -0.4 is 0 Å². The molecule has 4 heteroatoms. The molecule has 3 aliphatic carbocycles. The van der Waals surface area contributed by atoms with Crippen LogP contribution in [-0.2, 0) is 0 Å². The van der Waals surface area contributed by atoms with Crippen molar-refractivity contribution in [3.63, 3.8) is 0 Å². The average Bonchev–Trinajstić information content (AvgIpc) is 2.77. The molecule has 0 radical (unpaired) electrons. The van der Waals surface area contributed by atoms with E-state index >= 15 is 0 Å². The molecular weight excluding hydrogens is 216 g/mol. The highest BCUT2D eigenvalue weighted by Gasteiger charge is 2.55. The zero-order chi connectivity index (χ0) is 12.2. The number of rotatable bonds is 2. The van der Waals surface area contributed by atoms with Gasteiger partial charge in [0.05, 0.1) is 11.9 Å². The quantitative estimate of drug-likeness (QED) is 0.826. The molecular formula is C13H18N2O2. The fourth-order valence-corrected chi connectivity index (χ4v) is 3.91. The fraction of sp³-hybridized carbons (Fsp3) is 0.692. The first-order valence-electron chi connectivity index (χ1n) is 6.28. The van der Waals surface area contributed by atoms with E-state index in [1.165, 1.54) is 19.0 Å². The number of nitrogens with zero attached hydrogens (tertiary/aromatic N) is 1. The van der Waals surface area contributed by atoms with E-state index in [-0.39, 0.29) is 0 Å². The predicted molar refractivity (Wildman–Crippen MR) is 62.9 cm³/mol. The molecule has 1 aromatic heterocycles. The Balaban J connectivity index is 1.94. The second-order valence-corrected chi connectivity index (χ2v) is 6.05. The van der Waals surface area contributed by atoms with Crippen LogP contribution in [0.5, 0.6) is 0 Å². The maximum atomic E-state index is 11.1. The van der Waals surface area contributed by atoms with Gasteiger partial charge in [-0.15, -0.1) is 0 Å². The molecule has 3 fully saturated rings. The standard InChI is InChI=1S/C13H18N2O2/c1-13(2)7-3-4-8(10(13)5-7)11-9(12(16)17)6-14-15-11/h6-8,10H,3-5H2,1-2H3,(H,14,15)(H,16,17). The van der Waals surface area contributed by atoms with Crippen LogP contribution in [0, 0.1) is 17.3 Å². The number of carbonyl (C=O) groups is 1. The van der Waals surface area contributed by atoms with E-state index in [0.29, 0.717) is 22.8 Å². The van der Waals surface area contributed by atoms with Crippen LogP contribution in [0.25, 0.3) is 0 Å². The molecule has 4 nitrogen and oxygen atoms in total. The van der Waals surface area contributed by atoms with Gasteiger partial charge in [-0.25, -0.2) is 4.79 Å². The number of fused-ring (bicyclic) bond motifs is 2. The molecule has 2 bridgehead atoms. The summed E-state index contributed by atoms with van der Waals surface area (Å²) in [6.45, 7) is 4.63. The topological polar surface area (TPSA) is 66.0 Å². The molecule has 0 amide bonds. The number of aromatic carboxylic acids is 1. The van der Waals surface area contributed by atoms with Crippen LogP contribution in [0.1, 0.15) is 55.1 Å². The molecule has 2 N–H and O–H groups in total. The maximum absolute atomic E-state index is 11.1. The second-order valence-electron chi connectivity index (χ2n) is 6.05. The van der Waals surface area contributed by atoms with Crippen LogP contribution >= 0.6 is 0 Å². The summed E-state index contributed by atoms with van der Waals surface area (Å²) >= 11 is 0. The summed E-state index contributed by atoms with van der Waals surface area (Å²) < 4.78 is 0. The van der Waals surface area contributed by atoms with Crippen LogP contribution in [0.15, 0.2) is 6.20 Å². The summed E-state index contributed by atoms with van der Waals surface area (Å²) in [4.78, 5) is 11.1. The summed E-state index contributed by atoms with van der Waals surface area (Å²) in [5.41, 5.74) is 1.56. The summed E-state index contributed by atoms with van der Waals surface area (Å²) in [6, 6.07) is 0. The van der Waals surface area contributed by atoms with Gasteiger partial charge in [0.25, 0.3) is 0 Å². The van der Waals surface area contributed by atoms with Crippen molar-refractivity contribution >= 4 is 5.97 Å². The van der Waals surface area contributed by atoms with Crippen molar-refractivity contribution in [2.24, 2.45) is 17.3 Å². The zero-order valence-corrected chi connectivity index (χ0v) is 10.2. The average molecular weight is 234 g/mol. The fourth-order valence-electron chi connectivity index (χ4n) is 3.91. The van der Waals surface area contributed by atoms with Gasteiger partial charge in [0.15, 0.2) is 0 Å². The summed E-state index contributed by atoms with van der Waals surface area (Å²) in [7, 11) is 0. The molecule has 17 heavy (non-hydrogen) atoms. The Bertz CT molecular complexity index is 462. The van der Waals surface area contributed by atoms with Crippen molar-refractivity contribution in [2.45, 2.75) is 39.0 Å². The highest BCUT2D eigenvalue weighted by Crippen LogP contribution is 2.63. The minimum absolute atomic E-state index is 0.351. The van der Waals surface area contributed by atoms with Crippen LogP contribution in [-0.4, -0.2) is 21.3 Å². The first-order valence-corrected chi connectivity index (χ1v) is 6.28. The third-order valence-corrected chi connectivity index (χ3v) is 5.13. The van der Waals surface area contributed by atoms with Gasteiger partial charge in [-0.3, -0.25) is 5.10 Å². The molecule has 1 heterocycles. The number of aromatic nitrogens is 2. The van der Waals surface area contributed by atoms with Crippen molar-refractivity contribution in [1.82, 2.24) is 10.2 Å². The van der Waals surface area contributed by atoms with E-state index in [9.17, 15) is 4.79 Å². The van der Waals surface area contributed by atoms with Gasteiger partial charge in [-0.2, -0.15) is 5.10 Å². The second kappa shape index (κ2) is 3.34. The Hall–Kier alpha value is -1.32. The van der Waals surface area contributed by atoms with E-state index in [4.69, 9.17) is 5.11 Å². The lowest BCUT2D eigenvalue weighted by molar-refractivity contribution is -0.0815. The zero-order valence-electron chi connectivity index (χ0n) is 10.2. The van der Waals surface area contributed by atoms with Gasteiger partial charge in [-0.1, -0.05) is 13.8 Å². The molecule has 0 aromatic carbocycles. The molecule has 3 saturated carbocycles. The highest BCUT2D eigenvalue weighted by molar-refractivity contribution is 5.88. The molecule has 92 valence electrons. The minimum Gasteiger partial charge on any atom is -0.478 e. The lowest BCUT2D eigenvalue weighted by Gasteiger charge is -2.60. The molecule has 1 aromatic rings. The monoisotopic (exact) mass is 234 g/mol. The van der Waals surface area contributed by atoms with Gasteiger partial charge in [-0.05, 0) is 36.5 Å². The number of aromatic amines is 1. The summed E-state index contributed by atoms with van der Waals surface area (Å²) in [6.07, 6.45) is 5.00. The van der Waals surface area contributed by atoms with Crippen LogP contribution in [0.3, 0.4) is 0 Å². The number of hydrogen-bond donors (Lipinski definition) is 2. The Morgan fingerprint density at radius 3 is 2.88 bits per heavy atom. The Morgan fingerprint density at radius 1 is 1.53 bits per heavy atom. The Kier molecular flexibility index (Phi) is 2.12. The smallest absolute Gasteiger partial charge is 0.339 e. The molecule has 4 rings (SSSR count). The number of carboxylic acid groups (broad SMARTS) is 1. The van der Waals surface area contributed by atoms with E-state index in [2.05, 4.69) is 24.0 Å². The molecule has 0 saturated heterocycles. The van der Waals surface area contributed by atoms with Gasteiger partial charge in [0.1, 0.15) is 5.56 Å². The molecule has 0 spiro atoms. The van der Waals surface area contributed by atoms with Crippen LogP contribution in [0.4, 0.5) is 0 Å². The van der Waals surface area contributed by atoms with Gasteiger partial charge in [0, 0.05) is 5.92 Å². The van der Waals surface area contributed by atoms with Crippen molar-refractivity contribution in [2.75, 3.05) is 0 Å². The van der Waals surface area contributed by atoms with Gasteiger partial charge >= 0.3 is 5.97 Å². The Morgan fingerprint density at radius 2 is 2.29 bits per heavy atom. The molecule has 0 aliphatic heterocycles. The van der Waals surface area contributed by atoms with E-state index in [1.54, 1.807) is 0 Å². The Labute approximate surface area is 100 Å². The summed E-state index contributed by atoms with van der Waals surface area (Å²) in [5, 5.41) is 16.0.